The maximum Gasteiger partial charge on any atom is 0.0688 e. The summed E-state index contributed by atoms with van der Waals surface area (Å²) in [5.41, 5.74) is 4.33. The molecule has 3 rings (SSSR count). The monoisotopic (exact) mass is 272 g/mol. The second-order valence-corrected chi connectivity index (χ2v) is 7.88. The van der Waals surface area contributed by atoms with Crippen LogP contribution >= 0.6 is 0 Å². The summed E-state index contributed by atoms with van der Waals surface area (Å²) in [5.74, 6) is 0. The molecule has 0 spiro atoms. The number of aryl methyl sites for hydroxylation is 2. The number of benzene rings is 1. The average Bonchev–Trinajstić information content (AvgIpc) is 2.78. The predicted octanol–water partition coefficient (Wildman–Crippen LogP) is 4.44. The highest BCUT2D eigenvalue weighted by Crippen LogP contribution is 2.39. The summed E-state index contributed by atoms with van der Waals surface area (Å²) in [4.78, 5) is 0. The van der Waals surface area contributed by atoms with Gasteiger partial charge in [-0.2, -0.15) is 0 Å². The first-order valence-corrected chi connectivity index (χ1v) is 8.29. The zero-order valence-electron chi connectivity index (χ0n) is 13.0. The van der Waals surface area contributed by atoms with Gasteiger partial charge in [-0.3, -0.25) is 0 Å². The molecule has 2 aliphatic rings. The van der Waals surface area contributed by atoms with Gasteiger partial charge in [0.15, 0.2) is 0 Å². The topological polar surface area (TPSA) is 20.2 Å². The lowest BCUT2D eigenvalue weighted by Gasteiger charge is -2.28. The quantitative estimate of drug-likeness (QED) is 0.789. The molecule has 0 aromatic heterocycles. The highest BCUT2D eigenvalue weighted by molar-refractivity contribution is 5.35. The van der Waals surface area contributed by atoms with E-state index in [1.807, 2.05) is 0 Å². The van der Waals surface area contributed by atoms with Crippen molar-refractivity contribution in [1.29, 1.82) is 0 Å². The van der Waals surface area contributed by atoms with E-state index in [9.17, 15) is 5.11 Å². The lowest BCUT2D eigenvalue weighted by Crippen LogP contribution is -2.31. The summed E-state index contributed by atoms with van der Waals surface area (Å²) in [6.45, 7) is 4.68. The molecule has 1 atom stereocenters. The van der Waals surface area contributed by atoms with Gasteiger partial charge in [-0.05, 0) is 67.1 Å². The van der Waals surface area contributed by atoms with E-state index in [0.717, 1.165) is 32.1 Å². The van der Waals surface area contributed by atoms with Gasteiger partial charge in [0.1, 0.15) is 0 Å². The van der Waals surface area contributed by atoms with Crippen molar-refractivity contribution in [2.24, 2.45) is 5.41 Å². The zero-order valence-corrected chi connectivity index (χ0v) is 13.0. The fourth-order valence-corrected chi connectivity index (χ4v) is 4.01. The Bertz CT molecular complexity index is 489. The Morgan fingerprint density at radius 2 is 1.75 bits per heavy atom. The fraction of sp³-hybridized carbons (Fsp3) is 0.684. The number of hydrogen-bond acceptors (Lipinski definition) is 1. The Morgan fingerprint density at radius 3 is 2.60 bits per heavy atom. The molecule has 1 nitrogen and oxygen atoms in total. The Morgan fingerprint density at radius 1 is 0.950 bits per heavy atom. The molecule has 0 bridgehead atoms. The molecule has 1 heteroatoms. The maximum atomic E-state index is 11.0. The van der Waals surface area contributed by atoms with Crippen LogP contribution in [-0.2, 0) is 19.3 Å². The summed E-state index contributed by atoms with van der Waals surface area (Å²) >= 11 is 0. The second-order valence-electron chi connectivity index (χ2n) is 7.88. The van der Waals surface area contributed by atoms with Crippen LogP contribution in [0.2, 0.25) is 0 Å². The van der Waals surface area contributed by atoms with Crippen LogP contribution in [-0.4, -0.2) is 10.7 Å². The number of aliphatic hydroxyl groups is 1. The van der Waals surface area contributed by atoms with Gasteiger partial charge < -0.3 is 5.11 Å². The summed E-state index contributed by atoms with van der Waals surface area (Å²) in [6, 6.07) is 6.90. The normalized spacial score (nSPS) is 28.9. The molecular weight excluding hydrogens is 244 g/mol. The van der Waals surface area contributed by atoms with E-state index in [-0.39, 0.29) is 0 Å². The third kappa shape index (κ3) is 3.09. The second kappa shape index (κ2) is 5.18. The lowest BCUT2D eigenvalue weighted by atomic mass is 9.83. The first-order valence-electron chi connectivity index (χ1n) is 8.29. The minimum atomic E-state index is -0.472. The first kappa shape index (κ1) is 14.1. The van der Waals surface area contributed by atoms with Crippen LogP contribution in [0.3, 0.4) is 0 Å². The van der Waals surface area contributed by atoms with Crippen molar-refractivity contribution in [3.8, 4) is 0 Å². The van der Waals surface area contributed by atoms with Gasteiger partial charge in [-0.15, -0.1) is 0 Å². The third-order valence-electron chi connectivity index (χ3n) is 5.46. The van der Waals surface area contributed by atoms with Gasteiger partial charge in [-0.25, -0.2) is 0 Å². The van der Waals surface area contributed by atoms with Gasteiger partial charge >= 0.3 is 0 Å². The van der Waals surface area contributed by atoms with Crippen molar-refractivity contribution in [3.63, 3.8) is 0 Å². The van der Waals surface area contributed by atoms with Crippen LogP contribution in [0.1, 0.15) is 69.1 Å². The SMILES string of the molecule is CC1(C)CCCC(O)(Cc2ccc3c(c2)CCC3)CC1. The van der Waals surface area contributed by atoms with Crippen molar-refractivity contribution in [2.75, 3.05) is 0 Å². The molecule has 0 amide bonds. The minimum Gasteiger partial charge on any atom is -0.390 e. The molecule has 1 aromatic rings. The zero-order chi connectivity index (χ0) is 14.2. The molecule has 1 N–H and O–H groups in total. The van der Waals surface area contributed by atoms with Crippen molar-refractivity contribution in [1.82, 2.24) is 0 Å². The van der Waals surface area contributed by atoms with E-state index in [1.54, 1.807) is 0 Å². The predicted molar refractivity (Wildman–Crippen MR) is 84.0 cm³/mol. The lowest BCUT2D eigenvalue weighted by molar-refractivity contribution is 0.0226. The van der Waals surface area contributed by atoms with Crippen LogP contribution in [0.25, 0.3) is 0 Å². The van der Waals surface area contributed by atoms with Crippen molar-refractivity contribution in [2.45, 2.75) is 77.2 Å². The van der Waals surface area contributed by atoms with Gasteiger partial charge in [-0.1, -0.05) is 38.5 Å². The molecule has 0 heterocycles. The van der Waals surface area contributed by atoms with Gasteiger partial charge in [0.05, 0.1) is 5.60 Å². The van der Waals surface area contributed by atoms with E-state index in [1.165, 1.54) is 42.4 Å². The Labute approximate surface area is 123 Å². The minimum absolute atomic E-state index is 0.405. The summed E-state index contributed by atoms with van der Waals surface area (Å²) < 4.78 is 0. The van der Waals surface area contributed by atoms with E-state index in [2.05, 4.69) is 32.0 Å². The number of hydrogen-bond donors (Lipinski definition) is 1. The number of rotatable bonds is 2. The maximum absolute atomic E-state index is 11.0. The Balaban J connectivity index is 1.73. The van der Waals surface area contributed by atoms with Gasteiger partial charge in [0, 0.05) is 6.42 Å². The van der Waals surface area contributed by atoms with E-state index >= 15 is 0 Å². The number of fused-ring (bicyclic) bond motifs is 1. The third-order valence-corrected chi connectivity index (χ3v) is 5.46. The molecule has 0 aliphatic heterocycles. The van der Waals surface area contributed by atoms with Crippen molar-refractivity contribution < 1.29 is 5.11 Å². The molecule has 2 aliphatic carbocycles. The van der Waals surface area contributed by atoms with Crippen LogP contribution in [0, 0.1) is 5.41 Å². The molecule has 0 radical (unpaired) electrons. The Hall–Kier alpha value is -0.820. The van der Waals surface area contributed by atoms with Crippen LogP contribution in [0.4, 0.5) is 0 Å². The molecule has 1 saturated carbocycles. The van der Waals surface area contributed by atoms with E-state index in [0.29, 0.717) is 5.41 Å². The summed E-state index contributed by atoms with van der Waals surface area (Å²) in [6.07, 6.45) is 10.1. The standard InChI is InChI=1S/C19H28O/c1-18(2)9-4-10-19(20,12-11-18)14-15-7-8-16-5-3-6-17(16)13-15/h7-8,13,20H,3-6,9-12,14H2,1-2H3. The van der Waals surface area contributed by atoms with Crippen molar-refractivity contribution in [3.05, 3.63) is 34.9 Å². The molecule has 0 saturated heterocycles. The van der Waals surface area contributed by atoms with Gasteiger partial charge in [0.2, 0.25) is 0 Å². The summed E-state index contributed by atoms with van der Waals surface area (Å²) in [7, 11) is 0. The van der Waals surface area contributed by atoms with Crippen LogP contribution in [0.15, 0.2) is 18.2 Å². The molecule has 110 valence electrons. The molecular formula is C19H28O. The molecule has 1 fully saturated rings. The fourth-order valence-electron chi connectivity index (χ4n) is 4.01. The molecule has 20 heavy (non-hydrogen) atoms. The summed E-state index contributed by atoms with van der Waals surface area (Å²) in [5, 5.41) is 11.0. The van der Waals surface area contributed by atoms with Gasteiger partial charge in [0.25, 0.3) is 0 Å². The van der Waals surface area contributed by atoms with Crippen LogP contribution in [0.5, 0.6) is 0 Å². The van der Waals surface area contributed by atoms with Crippen LogP contribution < -0.4 is 0 Å². The Kier molecular flexibility index (Phi) is 3.66. The highest BCUT2D eigenvalue weighted by Gasteiger charge is 2.34. The average molecular weight is 272 g/mol. The highest BCUT2D eigenvalue weighted by atomic mass is 16.3. The van der Waals surface area contributed by atoms with Crippen molar-refractivity contribution >= 4 is 0 Å². The smallest absolute Gasteiger partial charge is 0.0688 e. The molecule has 1 unspecified atom stereocenters. The molecule has 1 aromatic carbocycles. The van der Waals surface area contributed by atoms with E-state index < -0.39 is 5.60 Å². The largest absolute Gasteiger partial charge is 0.390 e. The first-order chi connectivity index (χ1) is 9.46. The van der Waals surface area contributed by atoms with E-state index in [4.69, 9.17) is 0 Å².